The second kappa shape index (κ2) is 13.3. The highest BCUT2D eigenvalue weighted by Crippen LogP contribution is 2.48. The van der Waals surface area contributed by atoms with Gasteiger partial charge in [-0.2, -0.15) is 13.2 Å². The van der Waals surface area contributed by atoms with E-state index in [9.17, 15) is 33.2 Å². The van der Waals surface area contributed by atoms with Gasteiger partial charge in [0.05, 0.1) is 17.0 Å². The number of carbonyl (C=O) groups excluding carboxylic acids is 1. The predicted octanol–water partition coefficient (Wildman–Crippen LogP) is 7.15. The lowest BCUT2D eigenvalue weighted by molar-refractivity contribution is -0.384. The van der Waals surface area contributed by atoms with Gasteiger partial charge in [0.2, 0.25) is 0 Å². The van der Waals surface area contributed by atoms with E-state index in [1.807, 2.05) is 54.6 Å². The van der Waals surface area contributed by atoms with Crippen LogP contribution in [0.1, 0.15) is 49.3 Å². The number of hydrogen-bond acceptors (Lipinski definition) is 6. The number of benzene rings is 3. The van der Waals surface area contributed by atoms with Crippen molar-refractivity contribution in [3.8, 4) is 0 Å². The summed E-state index contributed by atoms with van der Waals surface area (Å²) in [5, 5.41) is 23.2. The van der Waals surface area contributed by atoms with Crippen LogP contribution in [0.15, 0.2) is 79.0 Å². The number of fused-ring (bicyclic) bond motifs is 1. The van der Waals surface area contributed by atoms with Gasteiger partial charge in [-0.05, 0) is 67.9 Å². The third-order valence-electron chi connectivity index (χ3n) is 8.61. The molecule has 0 amide bonds. The first-order valence-electron chi connectivity index (χ1n) is 15.1. The molecule has 1 atom stereocenters. The number of non-ortho nitro benzene ring substituents is 1. The van der Waals surface area contributed by atoms with E-state index in [4.69, 9.17) is 4.74 Å². The van der Waals surface area contributed by atoms with Crippen molar-refractivity contribution in [2.24, 2.45) is 5.92 Å². The van der Waals surface area contributed by atoms with Crippen LogP contribution in [0.25, 0.3) is 10.9 Å². The summed E-state index contributed by atoms with van der Waals surface area (Å²) in [6.45, 7) is 3.36. The number of aryl methyl sites for hydroxylation is 1. The molecule has 1 fully saturated rings. The van der Waals surface area contributed by atoms with Gasteiger partial charge in [-0.25, -0.2) is 0 Å². The second-order valence-electron chi connectivity index (χ2n) is 11.6. The van der Waals surface area contributed by atoms with Crippen LogP contribution in [-0.2, 0) is 28.1 Å². The largest absolute Gasteiger partial charge is 0.466 e. The zero-order valence-corrected chi connectivity index (χ0v) is 25.0. The molecule has 0 spiro atoms. The van der Waals surface area contributed by atoms with Gasteiger partial charge in [0.25, 0.3) is 5.69 Å². The highest BCUT2D eigenvalue weighted by Gasteiger charge is 2.57. The third kappa shape index (κ3) is 7.14. The van der Waals surface area contributed by atoms with Gasteiger partial charge in [-0.1, -0.05) is 42.5 Å². The first kappa shape index (κ1) is 32.0. The number of esters is 1. The highest BCUT2D eigenvalue weighted by molar-refractivity contribution is 5.87. The van der Waals surface area contributed by atoms with Gasteiger partial charge in [-0.15, -0.1) is 0 Å². The number of ether oxygens (including phenoxy) is 1. The maximum absolute atomic E-state index is 14.8. The maximum atomic E-state index is 14.8. The third-order valence-corrected chi connectivity index (χ3v) is 8.61. The fourth-order valence-corrected chi connectivity index (χ4v) is 6.18. The summed E-state index contributed by atoms with van der Waals surface area (Å²) < 4.78 is 51.1. The van der Waals surface area contributed by atoms with Gasteiger partial charge in [0.15, 0.2) is 5.60 Å². The number of aliphatic hydroxyl groups is 1. The summed E-state index contributed by atoms with van der Waals surface area (Å²) >= 11 is 0. The number of rotatable bonds is 11. The number of anilines is 1. The lowest BCUT2D eigenvalue weighted by Gasteiger charge is -2.38. The Bertz CT molecular complexity index is 1630. The molecule has 8 nitrogen and oxygen atoms in total. The Labute approximate surface area is 259 Å². The second-order valence-corrected chi connectivity index (χ2v) is 11.6. The molecule has 238 valence electrons. The zero-order valence-electron chi connectivity index (χ0n) is 25.0. The van der Waals surface area contributed by atoms with E-state index in [-0.39, 0.29) is 34.7 Å². The molecule has 1 N–H and O–H groups in total. The quantitative estimate of drug-likeness (QED) is 0.108. The van der Waals surface area contributed by atoms with Crippen LogP contribution in [0.5, 0.6) is 0 Å². The van der Waals surface area contributed by atoms with Gasteiger partial charge in [-0.3, -0.25) is 14.9 Å². The lowest BCUT2D eigenvalue weighted by atomic mass is 9.80. The molecule has 0 radical (unpaired) electrons. The summed E-state index contributed by atoms with van der Waals surface area (Å²) in [5.74, 6) is -0.646. The van der Waals surface area contributed by atoms with Crippen molar-refractivity contribution in [2.45, 2.75) is 57.3 Å². The summed E-state index contributed by atoms with van der Waals surface area (Å²) in [6, 6.07) is 20.6. The van der Waals surface area contributed by atoms with Crippen LogP contribution in [0.4, 0.5) is 24.5 Å². The van der Waals surface area contributed by atoms with E-state index in [0.29, 0.717) is 45.4 Å². The molecule has 1 aromatic heterocycles. The van der Waals surface area contributed by atoms with Crippen molar-refractivity contribution < 1.29 is 32.7 Å². The number of nitro benzene ring substituents is 1. The molecule has 0 saturated carbocycles. The van der Waals surface area contributed by atoms with E-state index in [1.54, 1.807) is 11.5 Å². The van der Waals surface area contributed by atoms with Crippen LogP contribution in [-0.4, -0.2) is 46.4 Å². The topological polar surface area (TPSA) is 97.8 Å². The van der Waals surface area contributed by atoms with E-state index in [2.05, 4.69) is 4.90 Å². The first-order valence-corrected chi connectivity index (χ1v) is 15.1. The number of halogens is 3. The molecule has 4 aromatic rings. The lowest BCUT2D eigenvalue weighted by Crippen LogP contribution is -2.45. The molecule has 0 aliphatic carbocycles. The van der Waals surface area contributed by atoms with Crippen LogP contribution in [0.2, 0.25) is 0 Å². The molecule has 45 heavy (non-hydrogen) atoms. The molecule has 1 aliphatic heterocycles. The first-order chi connectivity index (χ1) is 21.5. The molecule has 3 aromatic carbocycles. The molecular weight excluding hydrogens is 587 g/mol. The molecule has 1 aliphatic rings. The minimum Gasteiger partial charge on any atom is -0.466 e. The average molecular weight is 624 g/mol. The molecule has 5 rings (SSSR count). The summed E-state index contributed by atoms with van der Waals surface area (Å²) in [7, 11) is 0. The van der Waals surface area contributed by atoms with Gasteiger partial charge < -0.3 is 19.3 Å². The zero-order chi connectivity index (χ0) is 32.2. The molecular formula is C34H36F3N3O5. The van der Waals surface area contributed by atoms with Crippen LogP contribution in [0.3, 0.4) is 0 Å². The Balaban J connectivity index is 1.35. The van der Waals surface area contributed by atoms with Crippen LogP contribution < -0.4 is 4.90 Å². The van der Waals surface area contributed by atoms with Crippen molar-refractivity contribution in [1.29, 1.82) is 0 Å². The van der Waals surface area contributed by atoms with Crippen molar-refractivity contribution >= 4 is 28.2 Å². The van der Waals surface area contributed by atoms with Gasteiger partial charge >= 0.3 is 12.1 Å². The van der Waals surface area contributed by atoms with Crippen molar-refractivity contribution in [3.63, 3.8) is 0 Å². The Kier molecular flexibility index (Phi) is 9.48. The number of aromatic nitrogens is 1. The maximum Gasteiger partial charge on any atom is 0.421 e. The summed E-state index contributed by atoms with van der Waals surface area (Å²) in [6.07, 6.45) is -2.42. The van der Waals surface area contributed by atoms with E-state index >= 15 is 0 Å². The van der Waals surface area contributed by atoms with Gasteiger partial charge in [0.1, 0.15) is 0 Å². The van der Waals surface area contributed by atoms with Gasteiger partial charge in [0, 0.05) is 61.0 Å². The smallest absolute Gasteiger partial charge is 0.421 e. The SMILES string of the molecule is CCOC(=O)CCc1ccc(N2CCC(CC(O)(c3cn(Cc4ccccc4)c4cc([N+](=O)[O-])ccc34)C(F)(F)F)CC2)cc1. The molecule has 2 heterocycles. The van der Waals surface area contributed by atoms with E-state index < -0.39 is 29.0 Å². The summed E-state index contributed by atoms with van der Waals surface area (Å²) in [5.41, 5.74) is -0.670. The number of hydrogen-bond donors (Lipinski definition) is 1. The fourth-order valence-electron chi connectivity index (χ4n) is 6.18. The minimum atomic E-state index is -4.98. The van der Waals surface area contributed by atoms with E-state index in [0.717, 1.165) is 16.8 Å². The van der Waals surface area contributed by atoms with Crippen LogP contribution in [0, 0.1) is 16.0 Å². The molecule has 11 heteroatoms. The highest BCUT2D eigenvalue weighted by atomic mass is 19.4. The van der Waals surface area contributed by atoms with Crippen LogP contribution >= 0.6 is 0 Å². The van der Waals surface area contributed by atoms with Crippen molar-refractivity contribution in [2.75, 3.05) is 24.6 Å². The number of nitrogens with zero attached hydrogens (tertiary/aromatic N) is 3. The molecule has 1 saturated heterocycles. The number of nitro groups is 1. The Morgan fingerprint density at radius 3 is 2.33 bits per heavy atom. The van der Waals surface area contributed by atoms with Crippen molar-refractivity contribution in [1.82, 2.24) is 4.57 Å². The fraction of sp³-hybridized carbons (Fsp3) is 0.382. The molecule has 1 unspecified atom stereocenters. The number of carbonyl (C=O) groups is 1. The van der Waals surface area contributed by atoms with E-state index in [1.165, 1.54) is 24.4 Å². The van der Waals surface area contributed by atoms with Crippen molar-refractivity contribution in [3.05, 3.63) is 106 Å². The molecule has 0 bridgehead atoms. The predicted molar refractivity (Wildman–Crippen MR) is 165 cm³/mol. The average Bonchev–Trinajstić information content (AvgIpc) is 3.38. The monoisotopic (exact) mass is 623 g/mol. The normalized spacial score (nSPS) is 15.6. The number of piperidine rings is 1. The standard InChI is InChI=1S/C34H36F3N3O5/c1-2-45-32(41)15-10-24-8-11-27(12-9-24)38-18-16-25(17-19-38)21-33(42,34(35,36)37)30-23-39(22-26-6-4-3-5-7-26)31-20-28(40(43)44)13-14-29(30)31/h3-9,11-14,20,23,25,42H,2,10,15-19,21-22H2,1H3. The number of alkyl halides is 3. The Hall–Kier alpha value is -4.38. The Morgan fingerprint density at radius 1 is 1.02 bits per heavy atom. The summed E-state index contributed by atoms with van der Waals surface area (Å²) in [4.78, 5) is 24.7. The minimum absolute atomic E-state index is 0.136. The Morgan fingerprint density at radius 2 is 1.71 bits per heavy atom.